The molecule has 3 N–H and O–H groups in total. The van der Waals surface area contributed by atoms with Crippen molar-refractivity contribution in [2.24, 2.45) is 29.1 Å². The van der Waals surface area contributed by atoms with Gasteiger partial charge in [-0.25, -0.2) is 0 Å². The van der Waals surface area contributed by atoms with Crippen LogP contribution in [-0.4, -0.2) is 24.2 Å². The van der Waals surface area contributed by atoms with E-state index in [9.17, 15) is 14.7 Å². The van der Waals surface area contributed by atoms with Gasteiger partial charge in [-0.3, -0.25) is 9.59 Å². The van der Waals surface area contributed by atoms with Crippen molar-refractivity contribution in [2.45, 2.75) is 54.9 Å². The van der Waals surface area contributed by atoms with Crippen LogP contribution in [0.1, 0.15) is 54.9 Å². The van der Waals surface area contributed by atoms with Crippen molar-refractivity contribution >= 4 is 11.8 Å². The summed E-state index contributed by atoms with van der Waals surface area (Å²) < 4.78 is 23.2. The van der Waals surface area contributed by atoms with E-state index in [1.165, 1.54) is 0 Å². The van der Waals surface area contributed by atoms with Crippen molar-refractivity contribution in [3.8, 4) is 0 Å². The molecule has 0 bridgehead atoms. The minimum atomic E-state index is -3.58. The van der Waals surface area contributed by atoms with Crippen molar-refractivity contribution < 1.29 is 44.0 Å². The third-order valence-electron chi connectivity index (χ3n) is 4.10. The van der Waals surface area contributed by atoms with E-state index in [4.69, 9.17) is 10.7 Å². The van der Waals surface area contributed by atoms with Crippen molar-refractivity contribution in [3.05, 3.63) is 0 Å². The van der Waals surface area contributed by atoms with Crippen LogP contribution in [0.3, 0.4) is 0 Å². The van der Waals surface area contributed by atoms with Crippen LogP contribution in [0, 0.1) is 29.1 Å². The molecule has 130 valence electrons. The molecule has 0 aliphatic rings. The third kappa shape index (κ3) is 6.36. The van der Waals surface area contributed by atoms with E-state index >= 15 is 0 Å². The molecule has 0 radical (unpaired) electrons. The van der Waals surface area contributed by atoms with Crippen LogP contribution in [0.15, 0.2) is 0 Å². The summed E-state index contributed by atoms with van der Waals surface area (Å²) in [6.07, 6.45) is 0.356. The van der Waals surface area contributed by atoms with Crippen LogP contribution in [0.2, 0.25) is 0 Å². The standard InChI is InChI=1S/C15H28O3.2H2O.O.Ti/c1-8-15(11(6)7,14(17)18)13(16)12(9(2)3)10(4)5;;;;/h9-12H,8H2,1-7H3,(H,17,18);2*1H2;;/q;;;;+2/p-2. The van der Waals surface area contributed by atoms with E-state index in [0.29, 0.717) is 6.42 Å². The van der Waals surface area contributed by atoms with Gasteiger partial charge in [-0.2, -0.15) is 0 Å². The van der Waals surface area contributed by atoms with Gasteiger partial charge in [0.05, 0.1) is 0 Å². The number of hydrogen-bond donors (Lipinski definition) is 3. The van der Waals surface area contributed by atoms with Gasteiger partial charge in [0.1, 0.15) is 5.41 Å². The second-order valence-electron chi connectivity index (χ2n) is 6.45. The molecule has 0 amide bonds. The Labute approximate surface area is 140 Å². The molecular weight excluding hydrogens is 324 g/mol. The summed E-state index contributed by atoms with van der Waals surface area (Å²) in [5.74, 6) is -1.12. The summed E-state index contributed by atoms with van der Waals surface area (Å²) in [6.45, 7) is 13.4. The van der Waals surface area contributed by atoms with Gasteiger partial charge in [-0.05, 0) is 24.2 Å². The first-order valence-corrected chi connectivity index (χ1v) is 9.59. The van der Waals surface area contributed by atoms with Crippen LogP contribution in [-0.2, 0) is 31.5 Å². The summed E-state index contributed by atoms with van der Waals surface area (Å²) in [5.41, 5.74) is -1.24. The molecule has 0 saturated heterocycles. The Bertz CT molecular complexity index is 379. The van der Waals surface area contributed by atoms with Crippen LogP contribution < -0.4 is 0 Å². The van der Waals surface area contributed by atoms with Crippen molar-refractivity contribution in [1.29, 1.82) is 0 Å². The third-order valence-corrected chi connectivity index (χ3v) is 4.10. The molecule has 22 heavy (non-hydrogen) atoms. The zero-order valence-electron chi connectivity index (χ0n) is 14.6. The Balaban J connectivity index is 0. The van der Waals surface area contributed by atoms with Gasteiger partial charge in [0.15, 0.2) is 5.78 Å². The van der Waals surface area contributed by atoms with E-state index in [2.05, 4.69) is 0 Å². The molecule has 0 spiro atoms. The molecule has 7 heteroatoms. The summed E-state index contributed by atoms with van der Waals surface area (Å²) in [4.78, 5) is 24.4. The number of aliphatic carboxylic acids is 1. The van der Waals surface area contributed by atoms with Crippen molar-refractivity contribution in [3.63, 3.8) is 0 Å². The van der Waals surface area contributed by atoms with E-state index in [0.717, 1.165) is 0 Å². The number of carbonyl (C=O) groups is 2. The second kappa shape index (κ2) is 10.4. The molecule has 0 saturated carbocycles. The number of ketones is 1. The Morgan fingerprint density at radius 1 is 1.00 bits per heavy atom. The Morgan fingerprint density at radius 3 is 1.45 bits per heavy atom. The minimum absolute atomic E-state index is 0.0995. The number of rotatable bonds is 7. The molecule has 0 fully saturated rings. The molecule has 0 aromatic carbocycles. The Kier molecular flexibility index (Phi) is 11.2. The average Bonchev–Trinajstić information content (AvgIpc) is 2.27. The quantitative estimate of drug-likeness (QED) is 0.478. The first-order valence-electron chi connectivity index (χ1n) is 7.55. The second-order valence-corrected chi connectivity index (χ2v) is 7.33. The fourth-order valence-electron chi connectivity index (χ4n) is 3.04. The molecule has 0 rings (SSSR count). The average molecular weight is 354 g/mol. The Morgan fingerprint density at radius 2 is 1.32 bits per heavy atom. The van der Waals surface area contributed by atoms with Gasteiger partial charge >= 0.3 is 35.3 Å². The van der Waals surface area contributed by atoms with Crippen molar-refractivity contribution in [2.75, 3.05) is 0 Å². The summed E-state index contributed by atoms with van der Waals surface area (Å²) in [6, 6.07) is 0. The monoisotopic (exact) mass is 354 g/mol. The fourth-order valence-corrected chi connectivity index (χ4v) is 3.04. The van der Waals surface area contributed by atoms with E-state index in [1.807, 2.05) is 41.5 Å². The van der Waals surface area contributed by atoms with E-state index in [1.54, 1.807) is 6.92 Å². The van der Waals surface area contributed by atoms with Gasteiger partial charge in [0, 0.05) is 5.92 Å². The van der Waals surface area contributed by atoms with Gasteiger partial charge in [0.25, 0.3) is 0 Å². The first kappa shape index (κ1) is 23.8. The fraction of sp³-hybridized carbons (Fsp3) is 0.867. The van der Waals surface area contributed by atoms with Crippen LogP contribution >= 0.6 is 0 Å². The predicted octanol–water partition coefficient (Wildman–Crippen LogP) is 2.39. The SMILES string of the molecule is CCC(C(=O)O)(C(=O)C(C(C)C)C(C)C)C(C)C.[O]=[Ti]([OH])[OH]. The molecule has 1 unspecified atom stereocenters. The topological polar surface area (TPSA) is 112 Å². The summed E-state index contributed by atoms with van der Waals surface area (Å²) in [7, 11) is 0. The Hall–Kier alpha value is -0.426. The van der Waals surface area contributed by atoms with E-state index < -0.39 is 30.0 Å². The molecule has 0 heterocycles. The molecule has 0 aromatic rings. The zero-order chi connectivity index (χ0) is 18.2. The number of carboxylic acid groups (broad SMARTS) is 1. The normalized spacial score (nSPS) is 13.9. The molecular formula is C15H30O6Ti. The van der Waals surface area contributed by atoms with Gasteiger partial charge in [-0.15, -0.1) is 0 Å². The maximum atomic E-state index is 12.8. The summed E-state index contributed by atoms with van der Waals surface area (Å²) >= 11 is -3.58. The molecule has 0 aliphatic heterocycles. The van der Waals surface area contributed by atoms with Gasteiger partial charge < -0.3 is 5.11 Å². The number of carboxylic acids is 1. The number of hydrogen-bond acceptors (Lipinski definition) is 3. The molecule has 0 aliphatic carbocycles. The number of Topliss-reactive ketones (excluding diaryl/α,β-unsaturated/α-hetero) is 1. The first-order chi connectivity index (χ1) is 9.85. The molecule has 0 aromatic heterocycles. The van der Waals surface area contributed by atoms with Crippen LogP contribution in [0.25, 0.3) is 0 Å². The van der Waals surface area contributed by atoms with Gasteiger partial charge in [0.2, 0.25) is 0 Å². The van der Waals surface area contributed by atoms with Crippen molar-refractivity contribution in [1.82, 2.24) is 0 Å². The molecule has 1 atom stereocenters. The van der Waals surface area contributed by atoms with Crippen LogP contribution in [0.4, 0.5) is 0 Å². The maximum absolute atomic E-state index is 12.8. The zero-order valence-corrected chi connectivity index (χ0v) is 16.1. The van der Waals surface area contributed by atoms with Crippen LogP contribution in [0.5, 0.6) is 0 Å². The molecule has 6 nitrogen and oxygen atoms in total. The number of carbonyl (C=O) groups excluding carboxylic acids is 1. The van der Waals surface area contributed by atoms with Gasteiger partial charge in [-0.1, -0.05) is 48.5 Å². The summed E-state index contributed by atoms with van der Waals surface area (Å²) in [5, 5.41) is 9.56. The van der Waals surface area contributed by atoms with E-state index in [-0.39, 0.29) is 29.5 Å². The predicted molar refractivity (Wildman–Crippen MR) is 78.5 cm³/mol.